The van der Waals surface area contributed by atoms with Crippen LogP contribution in [0.15, 0.2) is 24.3 Å². The van der Waals surface area contributed by atoms with Crippen molar-refractivity contribution in [3.63, 3.8) is 0 Å². The second-order valence-corrected chi connectivity index (χ2v) is 6.78. The highest BCUT2D eigenvalue weighted by molar-refractivity contribution is 5.87. The predicted octanol–water partition coefficient (Wildman–Crippen LogP) is 2.15. The van der Waals surface area contributed by atoms with Crippen LogP contribution in [0.2, 0.25) is 0 Å². The number of primary amides is 1. The predicted molar refractivity (Wildman–Crippen MR) is 95.8 cm³/mol. The number of hydrogen-bond acceptors (Lipinski definition) is 3. The Bertz CT molecular complexity index is 605. The first-order valence-electron chi connectivity index (χ1n) is 8.18. The molecule has 0 aliphatic heterocycles. The topological polar surface area (TPSA) is 110 Å². The molecule has 0 saturated heterocycles. The van der Waals surface area contributed by atoms with Gasteiger partial charge in [0.15, 0.2) is 0 Å². The number of amides is 3. The number of anilines is 1. The molecule has 3 rings (SSSR count). The summed E-state index contributed by atoms with van der Waals surface area (Å²) < 4.78 is 0. The minimum absolute atomic E-state index is 0. The highest BCUT2D eigenvalue weighted by atomic mass is 35.5. The van der Waals surface area contributed by atoms with E-state index in [4.69, 9.17) is 11.5 Å². The summed E-state index contributed by atoms with van der Waals surface area (Å²) in [6.07, 6.45) is 3.39. The van der Waals surface area contributed by atoms with Gasteiger partial charge in [-0.05, 0) is 55.7 Å². The van der Waals surface area contributed by atoms with Crippen LogP contribution in [0.5, 0.6) is 0 Å². The molecule has 1 aromatic rings. The van der Waals surface area contributed by atoms with Crippen molar-refractivity contribution in [3.8, 4) is 0 Å². The number of benzene rings is 1. The third-order valence-electron chi connectivity index (χ3n) is 5.32. The number of hydrogen-bond donors (Lipinski definition) is 4. The van der Waals surface area contributed by atoms with Gasteiger partial charge in [0.1, 0.15) is 0 Å². The van der Waals surface area contributed by atoms with E-state index in [0.29, 0.717) is 17.5 Å². The third kappa shape index (κ3) is 3.65. The summed E-state index contributed by atoms with van der Waals surface area (Å²) in [5.74, 6) is 0.984. The number of urea groups is 1. The first-order valence-corrected chi connectivity index (χ1v) is 8.18. The number of nitrogens with two attached hydrogens (primary N) is 2. The first kappa shape index (κ1) is 18.5. The molecule has 2 bridgehead atoms. The molecule has 7 heteroatoms. The van der Waals surface area contributed by atoms with E-state index in [2.05, 4.69) is 10.6 Å². The van der Waals surface area contributed by atoms with Crippen molar-refractivity contribution < 1.29 is 9.59 Å². The molecule has 3 amide bonds. The van der Waals surface area contributed by atoms with E-state index in [-0.39, 0.29) is 36.3 Å². The zero-order chi connectivity index (χ0) is 16.6. The summed E-state index contributed by atoms with van der Waals surface area (Å²) in [5.41, 5.74) is 12.9. The van der Waals surface area contributed by atoms with Crippen LogP contribution in [0.25, 0.3) is 0 Å². The molecule has 24 heavy (non-hydrogen) atoms. The Morgan fingerprint density at radius 2 is 1.79 bits per heavy atom. The summed E-state index contributed by atoms with van der Waals surface area (Å²) in [6, 6.07) is 6.59. The lowest BCUT2D eigenvalue weighted by Crippen LogP contribution is -2.45. The molecule has 2 aliphatic rings. The molecule has 0 radical (unpaired) electrons. The third-order valence-corrected chi connectivity index (χ3v) is 5.32. The standard InChI is InChI=1S/C17H24N4O2.ClH/c1-9(10-4-6-13(7-5-10)21-17(19)23)20-16(22)14-11-2-3-12(8-11)15(14)18;/h4-7,9,11-12,14-15H,2-3,8,18H2,1H3,(H,20,22)(H3,19,21,23);1H. The van der Waals surface area contributed by atoms with Crippen molar-refractivity contribution in [1.29, 1.82) is 0 Å². The average molecular weight is 353 g/mol. The summed E-state index contributed by atoms with van der Waals surface area (Å²) in [4.78, 5) is 23.4. The number of rotatable bonds is 4. The highest BCUT2D eigenvalue weighted by Gasteiger charge is 2.49. The molecule has 0 heterocycles. The molecular weight excluding hydrogens is 328 g/mol. The van der Waals surface area contributed by atoms with E-state index in [0.717, 1.165) is 18.4 Å². The zero-order valence-electron chi connectivity index (χ0n) is 13.7. The Morgan fingerprint density at radius 3 is 2.33 bits per heavy atom. The number of halogens is 1. The molecular formula is C17H25ClN4O2. The van der Waals surface area contributed by atoms with E-state index in [1.807, 2.05) is 19.1 Å². The fourth-order valence-electron chi connectivity index (χ4n) is 4.12. The van der Waals surface area contributed by atoms with Crippen molar-refractivity contribution in [1.82, 2.24) is 5.32 Å². The zero-order valence-corrected chi connectivity index (χ0v) is 14.5. The van der Waals surface area contributed by atoms with E-state index in [9.17, 15) is 9.59 Å². The molecule has 132 valence electrons. The van der Waals surface area contributed by atoms with E-state index in [1.54, 1.807) is 12.1 Å². The molecule has 5 unspecified atom stereocenters. The van der Waals surface area contributed by atoms with E-state index >= 15 is 0 Å². The molecule has 6 nitrogen and oxygen atoms in total. The van der Waals surface area contributed by atoms with Gasteiger partial charge in [0, 0.05) is 11.7 Å². The highest BCUT2D eigenvalue weighted by Crippen LogP contribution is 2.47. The quantitative estimate of drug-likeness (QED) is 0.666. The van der Waals surface area contributed by atoms with Crippen LogP contribution in [-0.4, -0.2) is 18.0 Å². The van der Waals surface area contributed by atoms with Gasteiger partial charge in [-0.1, -0.05) is 12.1 Å². The Morgan fingerprint density at radius 1 is 1.17 bits per heavy atom. The van der Waals surface area contributed by atoms with Crippen LogP contribution < -0.4 is 22.1 Å². The van der Waals surface area contributed by atoms with E-state index < -0.39 is 6.03 Å². The number of nitrogens with one attached hydrogen (secondary N) is 2. The Balaban J connectivity index is 0.00000208. The number of carbonyl (C=O) groups excluding carboxylic acids is 2. The van der Waals surface area contributed by atoms with Crippen LogP contribution in [0.4, 0.5) is 10.5 Å². The summed E-state index contributed by atoms with van der Waals surface area (Å²) in [6.45, 7) is 1.95. The second-order valence-electron chi connectivity index (χ2n) is 6.78. The van der Waals surface area contributed by atoms with Crippen LogP contribution in [0, 0.1) is 17.8 Å². The molecule has 2 aliphatic carbocycles. The molecule has 2 fully saturated rings. The lowest BCUT2D eigenvalue weighted by atomic mass is 9.84. The van der Waals surface area contributed by atoms with Gasteiger partial charge in [0.25, 0.3) is 0 Å². The summed E-state index contributed by atoms with van der Waals surface area (Å²) >= 11 is 0. The largest absolute Gasteiger partial charge is 0.351 e. The Hall–Kier alpha value is -1.79. The minimum atomic E-state index is -0.593. The maximum atomic E-state index is 12.6. The van der Waals surface area contributed by atoms with Gasteiger partial charge >= 0.3 is 6.03 Å². The molecule has 2 saturated carbocycles. The van der Waals surface area contributed by atoms with Crippen LogP contribution >= 0.6 is 12.4 Å². The summed E-state index contributed by atoms with van der Waals surface area (Å²) in [7, 11) is 0. The van der Waals surface area contributed by atoms with Crippen molar-refractivity contribution >= 4 is 30.0 Å². The van der Waals surface area contributed by atoms with Gasteiger partial charge in [-0.3, -0.25) is 4.79 Å². The lowest BCUT2D eigenvalue weighted by molar-refractivity contribution is -0.127. The number of carbonyl (C=O) groups is 2. The Labute approximate surface area is 148 Å². The van der Waals surface area contributed by atoms with Crippen molar-refractivity contribution in [3.05, 3.63) is 29.8 Å². The molecule has 1 aromatic carbocycles. The molecule has 0 spiro atoms. The van der Waals surface area contributed by atoms with Gasteiger partial charge in [0.2, 0.25) is 5.91 Å². The maximum absolute atomic E-state index is 12.6. The minimum Gasteiger partial charge on any atom is -0.351 e. The molecule has 0 aromatic heterocycles. The van der Waals surface area contributed by atoms with Crippen LogP contribution in [0.3, 0.4) is 0 Å². The lowest BCUT2D eigenvalue weighted by Gasteiger charge is -2.28. The van der Waals surface area contributed by atoms with Gasteiger partial charge in [-0.15, -0.1) is 12.4 Å². The summed E-state index contributed by atoms with van der Waals surface area (Å²) in [5, 5.41) is 5.60. The normalized spacial score (nSPS) is 28.8. The van der Waals surface area contributed by atoms with Crippen molar-refractivity contribution in [2.24, 2.45) is 29.2 Å². The average Bonchev–Trinajstić information content (AvgIpc) is 3.08. The smallest absolute Gasteiger partial charge is 0.316 e. The Kier molecular flexibility index (Phi) is 5.72. The van der Waals surface area contributed by atoms with Crippen molar-refractivity contribution in [2.45, 2.75) is 38.3 Å². The van der Waals surface area contributed by atoms with E-state index in [1.165, 1.54) is 6.42 Å². The first-order chi connectivity index (χ1) is 11.0. The van der Waals surface area contributed by atoms with Gasteiger partial charge in [0.05, 0.1) is 12.0 Å². The van der Waals surface area contributed by atoms with Crippen LogP contribution in [-0.2, 0) is 4.79 Å². The SMILES string of the molecule is CC(NC(=O)C1C2CCC(C2)C1N)c1ccc(NC(N)=O)cc1.Cl. The van der Waals surface area contributed by atoms with Crippen LogP contribution in [0.1, 0.15) is 37.8 Å². The van der Waals surface area contributed by atoms with Crippen molar-refractivity contribution in [2.75, 3.05) is 5.32 Å². The fourth-order valence-corrected chi connectivity index (χ4v) is 4.12. The molecule has 5 atom stereocenters. The van der Waals surface area contributed by atoms with Gasteiger partial charge in [-0.2, -0.15) is 0 Å². The van der Waals surface area contributed by atoms with Gasteiger partial charge in [-0.25, -0.2) is 4.79 Å². The molecule has 6 N–H and O–H groups in total. The second kappa shape index (κ2) is 7.40. The number of fused-ring (bicyclic) bond motifs is 2. The maximum Gasteiger partial charge on any atom is 0.316 e. The fraction of sp³-hybridized carbons (Fsp3) is 0.529. The van der Waals surface area contributed by atoms with Gasteiger partial charge < -0.3 is 22.1 Å². The monoisotopic (exact) mass is 352 g/mol.